The van der Waals surface area contributed by atoms with Gasteiger partial charge in [0, 0.05) is 10.8 Å². The topological polar surface area (TPSA) is 26.4 Å². The Morgan fingerprint density at radius 3 is 1.61 bits per heavy atom. The molecule has 0 radical (unpaired) electrons. The maximum atomic E-state index is 14.3. The van der Waals surface area contributed by atoms with E-state index in [1.54, 1.807) is 0 Å². The molecule has 3 nitrogen and oxygen atoms in total. The zero-order valence-electron chi connectivity index (χ0n) is 20.5. The molecule has 2 aromatic heterocycles. The Morgan fingerprint density at radius 1 is 0.447 bits per heavy atom. The Balaban J connectivity index is 1.82. The van der Waals surface area contributed by atoms with E-state index in [1.165, 1.54) is 16.2 Å². The molecule has 6 aromatic carbocycles. The summed E-state index contributed by atoms with van der Waals surface area (Å²) in [5.74, 6) is 0. The molecule has 0 atom stereocenters. The first-order chi connectivity index (χ1) is 18.8. The highest BCUT2D eigenvalue weighted by Gasteiger charge is 2.24. The van der Waals surface area contributed by atoms with Crippen molar-refractivity contribution in [1.29, 1.82) is 0 Å². The third-order valence-electron chi connectivity index (χ3n) is 7.68. The fourth-order valence-corrected chi connectivity index (χ4v) is 6.15. The van der Waals surface area contributed by atoms with E-state index in [0.29, 0.717) is 5.39 Å². The van der Waals surface area contributed by atoms with E-state index in [1.807, 2.05) is 59.2 Å². The molecule has 0 saturated heterocycles. The van der Waals surface area contributed by atoms with Crippen LogP contribution in [0.25, 0.3) is 65.8 Å². The number of para-hydroxylation sites is 2. The first-order valence-electron chi connectivity index (χ1n) is 12.8. The number of rotatable bonds is 2. The van der Waals surface area contributed by atoms with E-state index in [4.69, 9.17) is 0 Å². The second kappa shape index (κ2) is 7.92. The summed E-state index contributed by atoms with van der Waals surface area (Å²) in [5, 5.41) is 7.65. The summed E-state index contributed by atoms with van der Waals surface area (Å²) in [6.45, 7) is 0. The Bertz CT molecular complexity index is 2240. The number of hydrogen-bond acceptors (Lipinski definition) is 1. The van der Waals surface area contributed by atoms with Gasteiger partial charge in [0.25, 0.3) is 5.56 Å². The molecule has 8 aromatic rings. The Kier molecular flexibility index (Phi) is 4.38. The summed E-state index contributed by atoms with van der Waals surface area (Å²) < 4.78 is 4.21. The van der Waals surface area contributed by atoms with Crippen LogP contribution in [0, 0.1) is 0 Å². The zero-order valence-corrected chi connectivity index (χ0v) is 20.5. The Hall–Kier alpha value is -5.15. The van der Waals surface area contributed by atoms with Gasteiger partial charge < -0.3 is 0 Å². The zero-order chi connectivity index (χ0) is 25.2. The highest BCUT2D eigenvalue weighted by molar-refractivity contribution is 6.32. The molecule has 0 aliphatic rings. The minimum Gasteiger partial charge on any atom is -0.293 e. The lowest BCUT2D eigenvalue weighted by Gasteiger charge is -2.14. The largest absolute Gasteiger partial charge is 0.293 e. The molecule has 2 heterocycles. The third kappa shape index (κ3) is 2.76. The molecule has 0 N–H and O–H groups in total. The predicted molar refractivity (Wildman–Crippen MR) is 158 cm³/mol. The average molecular weight is 487 g/mol. The maximum absolute atomic E-state index is 14.3. The molecule has 38 heavy (non-hydrogen) atoms. The summed E-state index contributed by atoms with van der Waals surface area (Å²) in [4.78, 5) is 14.3. The van der Waals surface area contributed by atoms with Gasteiger partial charge in [0.2, 0.25) is 0 Å². The van der Waals surface area contributed by atoms with Crippen LogP contribution in [0.5, 0.6) is 0 Å². The molecule has 0 bridgehead atoms. The van der Waals surface area contributed by atoms with Crippen molar-refractivity contribution in [3.8, 4) is 16.9 Å². The van der Waals surface area contributed by atoms with Gasteiger partial charge >= 0.3 is 0 Å². The van der Waals surface area contributed by atoms with Gasteiger partial charge in [-0.1, -0.05) is 109 Å². The molecule has 0 spiro atoms. The normalized spacial score (nSPS) is 11.8. The Labute approximate surface area is 218 Å². The summed E-state index contributed by atoms with van der Waals surface area (Å²) in [5.41, 5.74) is 4.83. The van der Waals surface area contributed by atoms with Crippen molar-refractivity contribution in [3.63, 3.8) is 0 Å². The number of hydrogen-bond donors (Lipinski definition) is 0. The number of fused-ring (bicyclic) bond motifs is 10. The van der Waals surface area contributed by atoms with Crippen LogP contribution in [-0.4, -0.2) is 8.97 Å². The standard InChI is InChI=1S/C35H22N2O/c38-35-29-21-11-12-22-30(29)37-33(23-13-3-1-4-14-23)31-27-19-9-7-17-25(27)26-18-8-10-20-28(26)32(31)34(37)36(35)24-15-5-2-6-16-24/h1-22H. The lowest BCUT2D eigenvalue weighted by molar-refractivity contribution is 1.01. The first kappa shape index (κ1) is 21.0. The lowest BCUT2D eigenvalue weighted by Crippen LogP contribution is -2.21. The minimum atomic E-state index is -0.0180. The van der Waals surface area contributed by atoms with Gasteiger partial charge in [0.15, 0.2) is 0 Å². The van der Waals surface area contributed by atoms with Crippen molar-refractivity contribution in [2.45, 2.75) is 0 Å². The number of nitrogens with zero attached hydrogens (tertiary/aromatic N) is 2. The van der Waals surface area contributed by atoms with Crippen molar-refractivity contribution < 1.29 is 0 Å². The van der Waals surface area contributed by atoms with Crippen molar-refractivity contribution in [3.05, 3.63) is 144 Å². The van der Waals surface area contributed by atoms with E-state index in [0.717, 1.165) is 44.3 Å². The average Bonchev–Trinajstić information content (AvgIpc) is 3.35. The summed E-state index contributed by atoms with van der Waals surface area (Å²) in [6, 6.07) is 45.7. The van der Waals surface area contributed by atoms with E-state index in [9.17, 15) is 4.79 Å². The van der Waals surface area contributed by atoms with Gasteiger partial charge in [-0.05, 0) is 51.4 Å². The molecule has 0 aliphatic carbocycles. The van der Waals surface area contributed by atoms with Gasteiger partial charge in [0.1, 0.15) is 5.65 Å². The quantitative estimate of drug-likeness (QED) is 0.225. The van der Waals surface area contributed by atoms with Gasteiger partial charge in [-0.3, -0.25) is 13.8 Å². The molecule has 0 saturated carbocycles. The van der Waals surface area contributed by atoms with E-state index >= 15 is 0 Å². The molecule has 0 unspecified atom stereocenters. The Morgan fingerprint density at radius 2 is 0.947 bits per heavy atom. The van der Waals surface area contributed by atoms with Crippen LogP contribution in [0.15, 0.2) is 138 Å². The molecule has 0 fully saturated rings. The summed E-state index contributed by atoms with van der Waals surface area (Å²) in [6.07, 6.45) is 0. The minimum absolute atomic E-state index is 0.0180. The first-order valence-corrected chi connectivity index (χ1v) is 12.8. The molecule has 3 heteroatoms. The summed E-state index contributed by atoms with van der Waals surface area (Å²) >= 11 is 0. The van der Waals surface area contributed by atoms with Crippen LogP contribution in [0.1, 0.15) is 0 Å². The van der Waals surface area contributed by atoms with Crippen LogP contribution in [0.3, 0.4) is 0 Å². The third-order valence-corrected chi connectivity index (χ3v) is 7.68. The second-order valence-corrected chi connectivity index (χ2v) is 9.71. The van der Waals surface area contributed by atoms with Crippen LogP contribution in [0.2, 0.25) is 0 Å². The van der Waals surface area contributed by atoms with Crippen molar-refractivity contribution in [1.82, 2.24) is 8.97 Å². The predicted octanol–water partition coefficient (Wildman–Crippen LogP) is 8.37. The van der Waals surface area contributed by atoms with E-state index in [-0.39, 0.29) is 5.56 Å². The highest BCUT2D eigenvalue weighted by atomic mass is 16.1. The van der Waals surface area contributed by atoms with E-state index in [2.05, 4.69) is 83.3 Å². The molecule has 0 aliphatic heterocycles. The molecule has 8 rings (SSSR count). The van der Waals surface area contributed by atoms with Crippen LogP contribution < -0.4 is 5.56 Å². The van der Waals surface area contributed by atoms with Gasteiger partial charge in [-0.15, -0.1) is 0 Å². The molecular formula is C35H22N2O. The van der Waals surface area contributed by atoms with Crippen molar-refractivity contribution in [2.75, 3.05) is 0 Å². The fourth-order valence-electron chi connectivity index (χ4n) is 6.15. The number of benzene rings is 6. The molecule has 178 valence electrons. The summed E-state index contributed by atoms with van der Waals surface area (Å²) in [7, 11) is 0. The fraction of sp³-hybridized carbons (Fsp3) is 0. The van der Waals surface area contributed by atoms with Gasteiger partial charge in [-0.2, -0.15) is 0 Å². The van der Waals surface area contributed by atoms with Crippen molar-refractivity contribution in [2.24, 2.45) is 0 Å². The second-order valence-electron chi connectivity index (χ2n) is 9.71. The van der Waals surface area contributed by atoms with Gasteiger partial charge in [-0.25, -0.2) is 0 Å². The van der Waals surface area contributed by atoms with Crippen molar-refractivity contribution >= 4 is 48.9 Å². The highest BCUT2D eigenvalue weighted by Crippen LogP contribution is 2.44. The van der Waals surface area contributed by atoms with Crippen LogP contribution in [0.4, 0.5) is 0 Å². The monoisotopic (exact) mass is 486 g/mol. The molecule has 0 amide bonds. The van der Waals surface area contributed by atoms with Gasteiger partial charge in [0.05, 0.1) is 22.3 Å². The maximum Gasteiger partial charge on any atom is 0.266 e. The smallest absolute Gasteiger partial charge is 0.266 e. The van der Waals surface area contributed by atoms with E-state index < -0.39 is 0 Å². The SMILES string of the molecule is O=c1c2ccccc2n2c(-c3ccccc3)c3c4ccccc4c4ccccc4c3c2n1-c1ccccc1. The lowest BCUT2D eigenvalue weighted by atomic mass is 9.94. The molecular weight excluding hydrogens is 464 g/mol. The van der Waals surface area contributed by atoms with Crippen LogP contribution in [-0.2, 0) is 0 Å². The van der Waals surface area contributed by atoms with Crippen LogP contribution >= 0.6 is 0 Å². The number of aromatic nitrogens is 2.